The van der Waals surface area contributed by atoms with Gasteiger partial charge in [-0.25, -0.2) is 0 Å². The predicted octanol–water partition coefficient (Wildman–Crippen LogP) is 3.18. The fraction of sp³-hybridized carbons (Fsp3) is 1.00. The molecule has 1 aliphatic heterocycles. The van der Waals surface area contributed by atoms with Gasteiger partial charge in [0.05, 0.1) is 0 Å². The van der Waals surface area contributed by atoms with E-state index < -0.39 is 0 Å². The van der Waals surface area contributed by atoms with Gasteiger partial charge in [-0.05, 0) is 45.4 Å². The number of hydrogen-bond acceptors (Lipinski definition) is 2. The third-order valence-electron chi connectivity index (χ3n) is 2.16. The Morgan fingerprint density at radius 3 is 1.20 bits per heavy atom. The monoisotopic (exact) mass is 216 g/mol. The summed E-state index contributed by atoms with van der Waals surface area (Å²) in [7, 11) is 0. The van der Waals surface area contributed by atoms with Gasteiger partial charge in [-0.15, -0.1) is 0 Å². The van der Waals surface area contributed by atoms with Gasteiger partial charge in [0.15, 0.2) is 0 Å². The molecule has 1 heterocycles. The highest BCUT2D eigenvalue weighted by Crippen LogP contribution is 1.98. The maximum Gasteiger partial charge on any atom is -0.00368 e. The van der Waals surface area contributed by atoms with Crippen LogP contribution in [0.4, 0.5) is 0 Å². The van der Waals surface area contributed by atoms with E-state index in [2.05, 4.69) is 10.6 Å². The van der Waals surface area contributed by atoms with E-state index in [1.54, 1.807) is 0 Å². The predicted molar refractivity (Wildman–Crippen MR) is 71.5 cm³/mol. The lowest BCUT2D eigenvalue weighted by atomic mass is 10.2. The average molecular weight is 216 g/mol. The zero-order valence-corrected chi connectivity index (χ0v) is 11.4. The van der Waals surface area contributed by atoms with Crippen LogP contribution in [0, 0.1) is 0 Å². The standard InChI is InChI=1S/C9H20N2.2C2H6/c1-2-4-7-11-9-5-8-10-6-3-1;2*1-2/h10-11H,1-9H2;2*1-2H3. The zero-order valence-electron chi connectivity index (χ0n) is 11.4. The maximum absolute atomic E-state index is 3.44. The largest absolute Gasteiger partial charge is 0.317 e. The highest BCUT2D eigenvalue weighted by atomic mass is 14.9. The molecule has 0 atom stereocenters. The summed E-state index contributed by atoms with van der Waals surface area (Å²) >= 11 is 0. The van der Waals surface area contributed by atoms with Crippen LogP contribution in [0.15, 0.2) is 0 Å². The van der Waals surface area contributed by atoms with Crippen LogP contribution in [0.3, 0.4) is 0 Å². The van der Waals surface area contributed by atoms with E-state index in [1.165, 1.54) is 58.3 Å². The van der Waals surface area contributed by atoms with Crippen LogP contribution in [0.2, 0.25) is 0 Å². The van der Waals surface area contributed by atoms with Gasteiger partial charge in [-0.2, -0.15) is 0 Å². The van der Waals surface area contributed by atoms with Crippen molar-refractivity contribution in [3.05, 3.63) is 0 Å². The third kappa shape index (κ3) is 16.6. The molecule has 15 heavy (non-hydrogen) atoms. The third-order valence-corrected chi connectivity index (χ3v) is 2.16. The van der Waals surface area contributed by atoms with Crippen molar-refractivity contribution in [3.8, 4) is 0 Å². The second-order valence-corrected chi connectivity index (χ2v) is 3.27. The Bertz CT molecular complexity index is 46.6. The second-order valence-electron chi connectivity index (χ2n) is 3.27. The van der Waals surface area contributed by atoms with Gasteiger partial charge >= 0.3 is 0 Å². The molecule has 94 valence electrons. The summed E-state index contributed by atoms with van der Waals surface area (Å²) in [4.78, 5) is 0. The average Bonchev–Trinajstić information content (AvgIpc) is 2.40. The first kappa shape index (κ1) is 17.3. The van der Waals surface area contributed by atoms with Crippen molar-refractivity contribution in [3.63, 3.8) is 0 Å². The molecule has 0 unspecified atom stereocenters. The van der Waals surface area contributed by atoms with Crippen molar-refractivity contribution in [2.75, 3.05) is 26.2 Å². The van der Waals surface area contributed by atoms with Crippen molar-refractivity contribution >= 4 is 0 Å². The molecule has 0 aromatic carbocycles. The van der Waals surface area contributed by atoms with Crippen LogP contribution in [0.1, 0.15) is 59.8 Å². The molecular formula is C13H32N2. The minimum atomic E-state index is 1.19. The highest BCUT2D eigenvalue weighted by Gasteiger charge is 1.94. The van der Waals surface area contributed by atoms with Crippen molar-refractivity contribution in [2.24, 2.45) is 0 Å². The normalized spacial score (nSPS) is 18.4. The molecule has 2 nitrogen and oxygen atoms in total. The Labute approximate surface area is 97.2 Å². The fourth-order valence-electron chi connectivity index (χ4n) is 1.44. The lowest BCUT2D eigenvalue weighted by Crippen LogP contribution is -2.22. The quantitative estimate of drug-likeness (QED) is 0.650. The summed E-state index contributed by atoms with van der Waals surface area (Å²) in [5.74, 6) is 0. The Morgan fingerprint density at radius 1 is 0.467 bits per heavy atom. The summed E-state index contributed by atoms with van der Waals surface area (Å²) in [6.07, 6.45) is 6.80. The van der Waals surface area contributed by atoms with E-state index in [-0.39, 0.29) is 0 Å². The first-order chi connectivity index (χ1) is 7.50. The van der Waals surface area contributed by atoms with Gasteiger partial charge in [0, 0.05) is 0 Å². The number of nitrogens with one attached hydrogen (secondary N) is 2. The smallest absolute Gasteiger partial charge is 0.00368 e. The van der Waals surface area contributed by atoms with E-state index >= 15 is 0 Å². The molecule has 0 aromatic heterocycles. The Morgan fingerprint density at radius 2 is 0.800 bits per heavy atom. The van der Waals surface area contributed by atoms with Crippen LogP contribution < -0.4 is 10.6 Å². The SMILES string of the molecule is C1CCCNCCCNCC1.CC.CC. The van der Waals surface area contributed by atoms with Gasteiger partial charge in [0.1, 0.15) is 0 Å². The van der Waals surface area contributed by atoms with E-state index in [1.807, 2.05) is 27.7 Å². The number of rotatable bonds is 0. The van der Waals surface area contributed by atoms with Crippen molar-refractivity contribution in [1.29, 1.82) is 0 Å². The lowest BCUT2D eigenvalue weighted by Gasteiger charge is -2.02. The molecule has 1 aliphatic rings. The molecule has 2 N–H and O–H groups in total. The van der Waals surface area contributed by atoms with Crippen LogP contribution in [-0.4, -0.2) is 26.2 Å². The van der Waals surface area contributed by atoms with E-state index in [0.717, 1.165) is 0 Å². The topological polar surface area (TPSA) is 24.1 Å². The van der Waals surface area contributed by atoms with Crippen molar-refractivity contribution in [2.45, 2.75) is 59.8 Å². The molecule has 0 spiro atoms. The maximum atomic E-state index is 3.44. The highest BCUT2D eigenvalue weighted by molar-refractivity contribution is 4.55. The minimum absolute atomic E-state index is 1.19. The molecule has 1 saturated heterocycles. The molecule has 0 bridgehead atoms. The molecule has 0 amide bonds. The molecule has 0 saturated carbocycles. The summed E-state index contributed by atoms with van der Waals surface area (Å²) in [6, 6.07) is 0. The summed E-state index contributed by atoms with van der Waals surface area (Å²) in [5.41, 5.74) is 0. The van der Waals surface area contributed by atoms with E-state index in [9.17, 15) is 0 Å². The second kappa shape index (κ2) is 19.5. The summed E-state index contributed by atoms with van der Waals surface area (Å²) in [5, 5.41) is 6.89. The molecule has 0 radical (unpaired) electrons. The fourth-order valence-corrected chi connectivity index (χ4v) is 1.44. The first-order valence-electron chi connectivity index (χ1n) is 6.91. The van der Waals surface area contributed by atoms with Crippen LogP contribution in [0.5, 0.6) is 0 Å². The van der Waals surface area contributed by atoms with E-state index in [0.29, 0.717) is 0 Å². The Balaban J connectivity index is 0. The minimum Gasteiger partial charge on any atom is -0.317 e. The lowest BCUT2D eigenvalue weighted by molar-refractivity contribution is 0.600. The summed E-state index contributed by atoms with van der Waals surface area (Å²) < 4.78 is 0. The molecule has 1 fully saturated rings. The van der Waals surface area contributed by atoms with Crippen LogP contribution in [-0.2, 0) is 0 Å². The van der Waals surface area contributed by atoms with Crippen LogP contribution in [0.25, 0.3) is 0 Å². The van der Waals surface area contributed by atoms with E-state index in [4.69, 9.17) is 0 Å². The molecule has 0 aromatic rings. The van der Waals surface area contributed by atoms with Gasteiger partial charge < -0.3 is 10.6 Å². The zero-order chi connectivity index (χ0) is 11.8. The molecular weight excluding hydrogens is 184 g/mol. The van der Waals surface area contributed by atoms with Gasteiger partial charge in [-0.3, -0.25) is 0 Å². The first-order valence-corrected chi connectivity index (χ1v) is 6.91. The molecule has 0 aliphatic carbocycles. The van der Waals surface area contributed by atoms with Crippen molar-refractivity contribution < 1.29 is 0 Å². The molecule has 1 rings (SSSR count). The Kier molecular flexibility index (Phi) is 22.5. The molecule has 2 heteroatoms. The Hall–Kier alpha value is -0.0800. The van der Waals surface area contributed by atoms with Crippen LogP contribution >= 0.6 is 0 Å². The van der Waals surface area contributed by atoms with Gasteiger partial charge in [-0.1, -0.05) is 40.5 Å². The van der Waals surface area contributed by atoms with Gasteiger partial charge in [0.25, 0.3) is 0 Å². The number of hydrogen-bond donors (Lipinski definition) is 2. The summed E-state index contributed by atoms with van der Waals surface area (Å²) in [6.45, 7) is 12.8. The van der Waals surface area contributed by atoms with Crippen molar-refractivity contribution in [1.82, 2.24) is 10.6 Å². The van der Waals surface area contributed by atoms with Gasteiger partial charge in [0.2, 0.25) is 0 Å².